The Labute approximate surface area is 56.9 Å². The molecule has 0 unspecified atom stereocenters. The summed E-state index contributed by atoms with van der Waals surface area (Å²) in [5.74, 6) is 0.360. The van der Waals surface area contributed by atoms with Gasteiger partial charge in [0.05, 0.1) is 0 Å². The maximum Gasteiger partial charge on any atom is 0.208 e. The van der Waals surface area contributed by atoms with Crippen molar-refractivity contribution < 1.29 is 4.79 Å². The van der Waals surface area contributed by atoms with Crippen LogP contribution in [0.5, 0.6) is 0 Å². The number of aromatic nitrogens is 2. The van der Waals surface area contributed by atoms with Gasteiger partial charge in [-0.25, -0.2) is 4.98 Å². The smallest absolute Gasteiger partial charge is 0.208 e. The van der Waals surface area contributed by atoms with Crippen LogP contribution in [0.3, 0.4) is 0 Å². The molecule has 0 amide bonds. The van der Waals surface area contributed by atoms with Gasteiger partial charge in [-0.2, -0.15) is 4.37 Å². The second-order valence-corrected chi connectivity index (χ2v) is 2.14. The zero-order valence-corrected chi connectivity index (χ0v) is 5.81. The fourth-order valence-electron chi connectivity index (χ4n) is 0.452. The van der Waals surface area contributed by atoms with Gasteiger partial charge in [-0.3, -0.25) is 4.79 Å². The van der Waals surface area contributed by atoms with Crippen LogP contribution in [-0.4, -0.2) is 15.1 Å². The van der Waals surface area contributed by atoms with E-state index in [0.29, 0.717) is 12.2 Å². The molecular formula is C5H6N2OS. The first-order valence-electron chi connectivity index (χ1n) is 2.64. The van der Waals surface area contributed by atoms with E-state index >= 15 is 0 Å². The van der Waals surface area contributed by atoms with Gasteiger partial charge in [-0.15, -0.1) is 0 Å². The number of carbonyl (C=O) groups excluding carboxylic acids is 1. The first-order chi connectivity index (χ1) is 4.34. The molecule has 0 saturated heterocycles. The first kappa shape index (κ1) is 6.35. The minimum absolute atomic E-state index is 0.0104. The van der Waals surface area contributed by atoms with Gasteiger partial charge in [-0.05, 0) is 11.5 Å². The maximum atomic E-state index is 10.8. The van der Waals surface area contributed by atoms with Crippen LogP contribution in [0.4, 0.5) is 0 Å². The van der Waals surface area contributed by atoms with Crippen molar-refractivity contribution in [1.82, 2.24) is 9.36 Å². The molecule has 1 rings (SSSR count). The third kappa shape index (κ3) is 1.32. The van der Waals surface area contributed by atoms with E-state index < -0.39 is 0 Å². The summed E-state index contributed by atoms with van der Waals surface area (Å²) in [4.78, 5) is 14.5. The highest BCUT2D eigenvalue weighted by Crippen LogP contribution is 1.97. The van der Waals surface area contributed by atoms with Crippen molar-refractivity contribution in [3.63, 3.8) is 0 Å². The van der Waals surface area contributed by atoms with Gasteiger partial charge in [0, 0.05) is 6.42 Å². The molecule has 0 spiro atoms. The van der Waals surface area contributed by atoms with Gasteiger partial charge in [0.15, 0.2) is 0 Å². The minimum Gasteiger partial charge on any atom is -0.291 e. The van der Waals surface area contributed by atoms with Gasteiger partial charge < -0.3 is 0 Å². The van der Waals surface area contributed by atoms with Gasteiger partial charge >= 0.3 is 0 Å². The van der Waals surface area contributed by atoms with Crippen LogP contribution in [0.25, 0.3) is 0 Å². The molecule has 0 saturated carbocycles. The van der Waals surface area contributed by atoms with Crippen LogP contribution < -0.4 is 0 Å². The summed E-state index contributed by atoms with van der Waals surface area (Å²) < 4.78 is 3.77. The molecule has 1 aromatic heterocycles. The molecule has 9 heavy (non-hydrogen) atoms. The fraction of sp³-hybridized carbons (Fsp3) is 0.400. The highest BCUT2D eigenvalue weighted by Gasteiger charge is 2.04. The zero-order valence-electron chi connectivity index (χ0n) is 5.00. The van der Waals surface area contributed by atoms with Crippen molar-refractivity contribution >= 4 is 17.3 Å². The van der Waals surface area contributed by atoms with Gasteiger partial charge in [0.25, 0.3) is 0 Å². The Morgan fingerprint density at radius 2 is 2.67 bits per heavy atom. The number of ketones is 1. The number of carbonyl (C=O) groups is 1. The van der Waals surface area contributed by atoms with E-state index in [1.165, 1.54) is 11.5 Å². The van der Waals surface area contributed by atoms with E-state index in [-0.39, 0.29) is 5.78 Å². The van der Waals surface area contributed by atoms with E-state index in [2.05, 4.69) is 9.36 Å². The van der Waals surface area contributed by atoms with E-state index in [9.17, 15) is 4.79 Å². The number of nitrogens with zero attached hydrogens (tertiary/aromatic N) is 2. The third-order valence-corrected chi connectivity index (χ3v) is 1.41. The maximum absolute atomic E-state index is 10.8. The van der Waals surface area contributed by atoms with Crippen LogP contribution in [0.2, 0.25) is 0 Å². The lowest BCUT2D eigenvalue weighted by molar-refractivity contribution is 0.0979. The molecule has 0 N–H and O–H groups in total. The van der Waals surface area contributed by atoms with Gasteiger partial charge in [-0.1, -0.05) is 6.92 Å². The molecule has 0 fully saturated rings. The molecule has 0 aromatic carbocycles. The second kappa shape index (κ2) is 2.68. The zero-order chi connectivity index (χ0) is 6.69. The van der Waals surface area contributed by atoms with Crippen molar-refractivity contribution in [3.05, 3.63) is 11.3 Å². The molecule has 48 valence electrons. The van der Waals surface area contributed by atoms with Crippen LogP contribution in [0, 0.1) is 0 Å². The Kier molecular flexibility index (Phi) is 1.89. The number of rotatable bonds is 2. The SMILES string of the molecule is CCC(=O)c1ncsn1. The van der Waals surface area contributed by atoms with Crippen molar-refractivity contribution in [2.45, 2.75) is 13.3 Å². The first-order valence-corrected chi connectivity index (χ1v) is 3.48. The summed E-state index contributed by atoms with van der Waals surface area (Å²) >= 11 is 1.20. The molecule has 0 aliphatic heterocycles. The van der Waals surface area contributed by atoms with Gasteiger partial charge in [0.2, 0.25) is 11.6 Å². The molecule has 3 nitrogen and oxygen atoms in total. The second-order valence-electron chi connectivity index (χ2n) is 1.53. The average Bonchev–Trinajstić information content (AvgIpc) is 2.37. The van der Waals surface area contributed by atoms with Crippen LogP contribution in [-0.2, 0) is 0 Å². The molecule has 0 aliphatic carbocycles. The molecule has 4 heteroatoms. The van der Waals surface area contributed by atoms with Crippen molar-refractivity contribution in [2.75, 3.05) is 0 Å². The topological polar surface area (TPSA) is 42.9 Å². The molecule has 0 aliphatic rings. The Hall–Kier alpha value is -0.770. The van der Waals surface area contributed by atoms with Crippen LogP contribution in [0.15, 0.2) is 5.51 Å². The molecule has 1 heterocycles. The van der Waals surface area contributed by atoms with Gasteiger partial charge in [0.1, 0.15) is 5.51 Å². The van der Waals surface area contributed by atoms with Crippen molar-refractivity contribution in [2.24, 2.45) is 0 Å². The minimum atomic E-state index is 0.0104. The van der Waals surface area contributed by atoms with E-state index in [1.807, 2.05) is 0 Å². The molecule has 0 atom stereocenters. The summed E-state index contributed by atoms with van der Waals surface area (Å²) in [6.45, 7) is 1.80. The predicted octanol–water partition coefficient (Wildman–Crippen LogP) is 1.13. The average molecular weight is 142 g/mol. The Bertz CT molecular complexity index is 195. The Morgan fingerprint density at radius 3 is 3.11 bits per heavy atom. The summed E-state index contributed by atoms with van der Waals surface area (Å²) in [7, 11) is 0. The molecule has 0 bridgehead atoms. The number of hydrogen-bond acceptors (Lipinski definition) is 4. The van der Waals surface area contributed by atoms with Crippen molar-refractivity contribution in [1.29, 1.82) is 0 Å². The summed E-state index contributed by atoms with van der Waals surface area (Å²) in [6.07, 6.45) is 0.483. The lowest BCUT2D eigenvalue weighted by Gasteiger charge is -1.83. The Balaban J connectivity index is 2.77. The van der Waals surface area contributed by atoms with Crippen LogP contribution in [0.1, 0.15) is 24.0 Å². The summed E-state index contributed by atoms with van der Waals surface area (Å²) in [6, 6.07) is 0. The number of Topliss-reactive ketones (excluding diaryl/α,β-unsaturated/α-hetero) is 1. The monoisotopic (exact) mass is 142 g/mol. The molecular weight excluding hydrogens is 136 g/mol. The van der Waals surface area contributed by atoms with Crippen LogP contribution >= 0.6 is 11.5 Å². The Morgan fingerprint density at radius 1 is 1.89 bits per heavy atom. The largest absolute Gasteiger partial charge is 0.291 e. The molecule has 0 radical (unpaired) electrons. The lowest BCUT2D eigenvalue weighted by Crippen LogP contribution is -1.97. The summed E-state index contributed by atoms with van der Waals surface area (Å²) in [5.41, 5.74) is 1.56. The quantitative estimate of drug-likeness (QED) is 0.581. The lowest BCUT2D eigenvalue weighted by atomic mass is 10.3. The molecule has 1 aromatic rings. The predicted molar refractivity (Wildman–Crippen MR) is 34.5 cm³/mol. The number of hydrogen-bond donors (Lipinski definition) is 0. The summed E-state index contributed by atoms with van der Waals surface area (Å²) in [5, 5.41) is 0. The standard InChI is InChI=1S/C5H6N2OS/c1-2-4(8)5-6-3-9-7-5/h3H,2H2,1H3. The van der Waals surface area contributed by atoms with E-state index in [4.69, 9.17) is 0 Å². The third-order valence-electron chi connectivity index (χ3n) is 0.932. The normalized spacial score (nSPS) is 9.44. The fourth-order valence-corrected chi connectivity index (χ4v) is 0.895. The van der Waals surface area contributed by atoms with Crippen molar-refractivity contribution in [3.8, 4) is 0 Å². The van der Waals surface area contributed by atoms with E-state index in [0.717, 1.165) is 0 Å². The van der Waals surface area contributed by atoms with E-state index in [1.54, 1.807) is 12.4 Å². The highest BCUT2D eigenvalue weighted by molar-refractivity contribution is 7.03. The highest BCUT2D eigenvalue weighted by atomic mass is 32.1.